The summed E-state index contributed by atoms with van der Waals surface area (Å²) in [5.74, 6) is 0.162. The van der Waals surface area contributed by atoms with E-state index in [0.717, 1.165) is 25.3 Å². The van der Waals surface area contributed by atoms with Gasteiger partial charge in [-0.3, -0.25) is 4.90 Å². The Hall–Kier alpha value is -1.66. The average Bonchev–Trinajstić information content (AvgIpc) is 2.48. The van der Waals surface area contributed by atoms with Crippen molar-refractivity contribution in [3.63, 3.8) is 0 Å². The molecule has 0 saturated carbocycles. The highest BCUT2D eigenvalue weighted by atomic mass is 16.4. The van der Waals surface area contributed by atoms with Crippen LogP contribution in [0.25, 0.3) is 0 Å². The third kappa shape index (κ3) is 4.42. The van der Waals surface area contributed by atoms with Gasteiger partial charge in [-0.05, 0) is 31.4 Å². The minimum absolute atomic E-state index is 0.139. The molecule has 0 aromatic carbocycles. The fourth-order valence-corrected chi connectivity index (χ4v) is 3.17. The Morgan fingerprint density at radius 1 is 1.39 bits per heavy atom. The van der Waals surface area contributed by atoms with Gasteiger partial charge in [0.15, 0.2) is 0 Å². The van der Waals surface area contributed by atoms with E-state index in [1.54, 1.807) is 12.1 Å². The van der Waals surface area contributed by atoms with E-state index in [0.29, 0.717) is 24.7 Å². The van der Waals surface area contributed by atoms with Crippen LogP contribution in [-0.4, -0.2) is 64.9 Å². The van der Waals surface area contributed by atoms with Crippen LogP contribution in [0.1, 0.15) is 36.3 Å². The predicted molar refractivity (Wildman–Crippen MR) is 90.0 cm³/mol. The summed E-state index contributed by atoms with van der Waals surface area (Å²) in [7, 11) is 0. The summed E-state index contributed by atoms with van der Waals surface area (Å²) in [6.07, 6.45) is 0.692. The molecule has 128 valence electrons. The van der Waals surface area contributed by atoms with Gasteiger partial charge in [-0.15, -0.1) is 0 Å². The highest BCUT2D eigenvalue weighted by Crippen LogP contribution is 2.24. The van der Waals surface area contributed by atoms with Crippen LogP contribution in [0.5, 0.6) is 0 Å². The summed E-state index contributed by atoms with van der Waals surface area (Å²) in [5.41, 5.74) is 1.06. The van der Waals surface area contributed by atoms with E-state index in [1.165, 1.54) is 0 Å². The molecule has 0 spiro atoms. The largest absolute Gasteiger partial charge is 0.478 e. The zero-order valence-corrected chi connectivity index (χ0v) is 14.2. The van der Waals surface area contributed by atoms with Gasteiger partial charge in [0.25, 0.3) is 0 Å². The lowest BCUT2D eigenvalue weighted by atomic mass is 10.1. The molecule has 1 saturated heterocycles. The molecule has 1 aliphatic heterocycles. The van der Waals surface area contributed by atoms with E-state index in [1.807, 2.05) is 11.8 Å². The Kier molecular flexibility index (Phi) is 5.96. The Morgan fingerprint density at radius 2 is 2.13 bits per heavy atom. The van der Waals surface area contributed by atoms with Crippen molar-refractivity contribution in [1.82, 2.24) is 9.88 Å². The Balaban J connectivity index is 2.22. The van der Waals surface area contributed by atoms with Gasteiger partial charge in [-0.2, -0.15) is 0 Å². The topological polar surface area (TPSA) is 76.9 Å². The summed E-state index contributed by atoms with van der Waals surface area (Å²) in [6.45, 7) is 9.69. The van der Waals surface area contributed by atoms with Gasteiger partial charge in [0.1, 0.15) is 11.4 Å². The first kappa shape index (κ1) is 17.7. The molecule has 6 heteroatoms. The SMILES string of the molecule is Cc1ccc(C(=O)O)c(N2CCN(CC(C)C)[C@H](CCO)C2)n1. The normalized spacial score (nSPS) is 19.3. The maximum atomic E-state index is 11.5. The average molecular weight is 321 g/mol. The van der Waals surface area contributed by atoms with Crippen molar-refractivity contribution in [3.8, 4) is 0 Å². The molecule has 2 N–H and O–H groups in total. The van der Waals surface area contributed by atoms with Gasteiger partial charge in [-0.25, -0.2) is 9.78 Å². The van der Waals surface area contributed by atoms with Crippen LogP contribution in [-0.2, 0) is 0 Å². The van der Waals surface area contributed by atoms with Crippen molar-refractivity contribution < 1.29 is 15.0 Å². The summed E-state index contributed by atoms with van der Waals surface area (Å²) < 4.78 is 0. The van der Waals surface area contributed by atoms with Crippen LogP contribution in [0, 0.1) is 12.8 Å². The number of carboxylic acids is 1. The number of carbonyl (C=O) groups is 1. The summed E-state index contributed by atoms with van der Waals surface area (Å²) in [5, 5.41) is 18.8. The van der Waals surface area contributed by atoms with E-state index in [-0.39, 0.29) is 18.2 Å². The Labute approximate surface area is 137 Å². The van der Waals surface area contributed by atoms with Gasteiger partial charge in [0, 0.05) is 44.5 Å². The molecule has 1 aliphatic rings. The number of anilines is 1. The van der Waals surface area contributed by atoms with Crippen molar-refractivity contribution in [3.05, 3.63) is 23.4 Å². The second-order valence-corrected chi connectivity index (χ2v) is 6.63. The van der Waals surface area contributed by atoms with Gasteiger partial charge < -0.3 is 15.1 Å². The van der Waals surface area contributed by atoms with Crippen LogP contribution in [0.3, 0.4) is 0 Å². The minimum Gasteiger partial charge on any atom is -0.478 e. The molecule has 1 aromatic heterocycles. The van der Waals surface area contributed by atoms with Crippen molar-refractivity contribution in [2.45, 2.75) is 33.2 Å². The molecular weight excluding hydrogens is 294 g/mol. The Morgan fingerprint density at radius 3 is 2.74 bits per heavy atom. The highest BCUT2D eigenvalue weighted by Gasteiger charge is 2.29. The number of rotatable bonds is 6. The monoisotopic (exact) mass is 321 g/mol. The molecule has 0 bridgehead atoms. The number of pyridine rings is 1. The second-order valence-electron chi connectivity index (χ2n) is 6.63. The van der Waals surface area contributed by atoms with E-state index < -0.39 is 5.97 Å². The highest BCUT2D eigenvalue weighted by molar-refractivity contribution is 5.93. The number of hydrogen-bond acceptors (Lipinski definition) is 5. The van der Waals surface area contributed by atoms with Crippen molar-refractivity contribution in [1.29, 1.82) is 0 Å². The number of piperazine rings is 1. The van der Waals surface area contributed by atoms with Gasteiger partial charge in [0.05, 0.1) is 0 Å². The van der Waals surface area contributed by atoms with Crippen LogP contribution in [0.4, 0.5) is 5.82 Å². The lowest BCUT2D eigenvalue weighted by molar-refractivity contribution is 0.0696. The molecule has 6 nitrogen and oxygen atoms in total. The quantitative estimate of drug-likeness (QED) is 0.829. The first-order valence-corrected chi connectivity index (χ1v) is 8.23. The van der Waals surface area contributed by atoms with Crippen LogP contribution in [0.2, 0.25) is 0 Å². The molecule has 2 rings (SSSR count). The molecule has 0 unspecified atom stereocenters. The number of hydrogen-bond donors (Lipinski definition) is 2. The lowest BCUT2D eigenvalue weighted by Gasteiger charge is -2.43. The van der Waals surface area contributed by atoms with E-state index in [2.05, 4.69) is 23.7 Å². The van der Waals surface area contributed by atoms with Crippen molar-refractivity contribution in [2.24, 2.45) is 5.92 Å². The molecule has 0 radical (unpaired) electrons. The number of aliphatic hydroxyl groups excluding tert-OH is 1. The minimum atomic E-state index is -0.948. The summed E-state index contributed by atoms with van der Waals surface area (Å²) in [6, 6.07) is 3.58. The van der Waals surface area contributed by atoms with Crippen molar-refractivity contribution >= 4 is 11.8 Å². The van der Waals surface area contributed by atoms with E-state index in [4.69, 9.17) is 0 Å². The van der Waals surface area contributed by atoms with E-state index in [9.17, 15) is 15.0 Å². The molecule has 1 aromatic rings. The molecule has 0 amide bonds. The summed E-state index contributed by atoms with van der Waals surface area (Å²) in [4.78, 5) is 20.4. The lowest BCUT2D eigenvalue weighted by Crippen LogP contribution is -2.54. The third-order valence-electron chi connectivity index (χ3n) is 4.21. The number of aryl methyl sites for hydroxylation is 1. The first-order valence-electron chi connectivity index (χ1n) is 8.23. The standard InChI is InChI=1S/C17H27N3O3/c1-12(2)10-19-7-8-20(11-14(19)6-9-21)16-15(17(22)23)5-4-13(3)18-16/h4-5,12,14,21H,6-11H2,1-3H3,(H,22,23)/t14-/m1/s1. The molecule has 1 fully saturated rings. The number of carboxylic acid groups (broad SMARTS) is 1. The molecule has 23 heavy (non-hydrogen) atoms. The fourth-order valence-electron chi connectivity index (χ4n) is 3.17. The first-order chi connectivity index (χ1) is 10.9. The van der Waals surface area contributed by atoms with Crippen molar-refractivity contribution in [2.75, 3.05) is 37.7 Å². The molecular formula is C17H27N3O3. The Bertz CT molecular complexity index is 548. The summed E-state index contributed by atoms with van der Waals surface area (Å²) >= 11 is 0. The maximum absolute atomic E-state index is 11.5. The molecule has 2 heterocycles. The maximum Gasteiger partial charge on any atom is 0.339 e. The van der Waals surface area contributed by atoms with Crippen LogP contribution in [0.15, 0.2) is 12.1 Å². The van der Waals surface area contributed by atoms with Gasteiger partial charge in [-0.1, -0.05) is 13.8 Å². The number of aliphatic hydroxyl groups is 1. The van der Waals surface area contributed by atoms with E-state index >= 15 is 0 Å². The third-order valence-corrected chi connectivity index (χ3v) is 4.21. The molecule has 0 aliphatic carbocycles. The zero-order chi connectivity index (χ0) is 17.0. The smallest absolute Gasteiger partial charge is 0.339 e. The van der Waals surface area contributed by atoms with Crippen LogP contribution >= 0.6 is 0 Å². The zero-order valence-electron chi connectivity index (χ0n) is 14.2. The van der Waals surface area contributed by atoms with Crippen LogP contribution < -0.4 is 4.90 Å². The van der Waals surface area contributed by atoms with Gasteiger partial charge >= 0.3 is 5.97 Å². The van der Waals surface area contributed by atoms with Gasteiger partial charge in [0.2, 0.25) is 0 Å². The second kappa shape index (κ2) is 7.75. The number of aromatic carboxylic acids is 1. The number of aromatic nitrogens is 1. The number of nitrogens with zero attached hydrogens (tertiary/aromatic N) is 3. The molecule has 1 atom stereocenters. The predicted octanol–water partition coefficient (Wildman–Crippen LogP) is 1.62. The fraction of sp³-hybridized carbons (Fsp3) is 0.647.